The highest BCUT2D eigenvalue weighted by Crippen LogP contribution is 2.38. The number of alkyl halides is 3. The van der Waals surface area contributed by atoms with Crippen molar-refractivity contribution in [1.29, 1.82) is 0 Å². The van der Waals surface area contributed by atoms with E-state index in [0.29, 0.717) is 24.1 Å². The van der Waals surface area contributed by atoms with Crippen molar-refractivity contribution >= 4 is 23.5 Å². The van der Waals surface area contributed by atoms with Crippen LogP contribution >= 0.6 is 0 Å². The predicted octanol–water partition coefficient (Wildman–Crippen LogP) is 4.89. The van der Waals surface area contributed by atoms with Gasteiger partial charge in [-0.25, -0.2) is 9.97 Å². The molecule has 2 heterocycles. The number of anilines is 2. The molecule has 0 unspecified atom stereocenters. The van der Waals surface area contributed by atoms with Gasteiger partial charge in [0.15, 0.2) is 0 Å². The molecule has 0 bridgehead atoms. The van der Waals surface area contributed by atoms with Crippen LogP contribution in [0.2, 0.25) is 0 Å². The number of nitrogens with one attached hydrogen (secondary N) is 2. The molecular formula is C29H39F3N6O2. The highest BCUT2D eigenvalue weighted by molar-refractivity contribution is 5.94. The Kier molecular flexibility index (Phi) is 9.33. The SMILES string of the molecule is CC(C)NC(=O)[C@@H]1CCC[C@@H]1Cc1nc(Nc2ccc(C(=O)N(C)C3CCN(C)CC3)cc2)ncc1C(F)(F)F. The van der Waals surface area contributed by atoms with Gasteiger partial charge in [-0.1, -0.05) is 6.42 Å². The van der Waals surface area contributed by atoms with Crippen molar-refractivity contribution in [2.24, 2.45) is 11.8 Å². The Balaban J connectivity index is 1.47. The van der Waals surface area contributed by atoms with E-state index in [1.807, 2.05) is 20.9 Å². The second kappa shape index (κ2) is 12.5. The van der Waals surface area contributed by atoms with Gasteiger partial charge in [-0.3, -0.25) is 9.59 Å². The third-order valence-electron chi connectivity index (χ3n) is 8.00. The molecular weight excluding hydrogens is 521 g/mol. The van der Waals surface area contributed by atoms with E-state index in [0.717, 1.165) is 38.5 Å². The second-order valence-corrected chi connectivity index (χ2v) is 11.4. The molecule has 2 aromatic rings. The summed E-state index contributed by atoms with van der Waals surface area (Å²) in [5.74, 6) is -0.718. The summed E-state index contributed by atoms with van der Waals surface area (Å²) in [5, 5.41) is 5.87. The largest absolute Gasteiger partial charge is 0.419 e. The summed E-state index contributed by atoms with van der Waals surface area (Å²) < 4.78 is 41.5. The first-order chi connectivity index (χ1) is 18.9. The molecule has 40 heavy (non-hydrogen) atoms. The first kappa shape index (κ1) is 29.8. The fourth-order valence-electron chi connectivity index (χ4n) is 5.71. The summed E-state index contributed by atoms with van der Waals surface area (Å²) >= 11 is 0. The lowest BCUT2D eigenvalue weighted by molar-refractivity contribution is -0.138. The maximum atomic E-state index is 13.8. The van der Waals surface area contributed by atoms with Crippen LogP contribution in [0.3, 0.4) is 0 Å². The Hall–Kier alpha value is -3.21. The van der Waals surface area contributed by atoms with Gasteiger partial charge in [0, 0.05) is 42.5 Å². The topological polar surface area (TPSA) is 90.5 Å². The van der Waals surface area contributed by atoms with E-state index in [9.17, 15) is 22.8 Å². The zero-order valence-electron chi connectivity index (χ0n) is 23.6. The number of nitrogens with zero attached hydrogens (tertiary/aromatic N) is 4. The average molecular weight is 561 g/mol. The fourth-order valence-corrected chi connectivity index (χ4v) is 5.71. The van der Waals surface area contributed by atoms with Gasteiger partial charge in [0.2, 0.25) is 11.9 Å². The third kappa shape index (κ3) is 7.30. The number of likely N-dealkylation sites (tertiary alicyclic amines) is 1. The van der Waals surface area contributed by atoms with Gasteiger partial charge in [-0.15, -0.1) is 0 Å². The van der Waals surface area contributed by atoms with Gasteiger partial charge in [-0.2, -0.15) is 13.2 Å². The maximum absolute atomic E-state index is 13.8. The van der Waals surface area contributed by atoms with E-state index in [1.54, 1.807) is 29.2 Å². The number of aromatic nitrogens is 2. The zero-order chi connectivity index (χ0) is 29.0. The van der Waals surface area contributed by atoms with Crippen molar-refractivity contribution in [3.63, 3.8) is 0 Å². The summed E-state index contributed by atoms with van der Waals surface area (Å²) in [6.07, 6.45) is 0.198. The summed E-state index contributed by atoms with van der Waals surface area (Å²) in [6, 6.07) is 6.93. The van der Waals surface area contributed by atoms with Crippen molar-refractivity contribution in [2.45, 2.75) is 70.6 Å². The fraction of sp³-hybridized carbons (Fsp3) is 0.586. The standard InChI is InChI=1S/C29H39F3N6O2/c1-18(2)34-26(39)23-7-5-6-20(23)16-25-24(29(30,31)32)17-33-28(36-25)35-21-10-8-19(9-11-21)27(40)38(4)22-12-14-37(3)15-13-22/h8-11,17-18,20,22-23H,5-7,12-16H2,1-4H3,(H,34,39)(H,33,35,36)/t20-,23-/m1/s1. The van der Waals surface area contributed by atoms with Crippen LogP contribution in [-0.2, 0) is 17.4 Å². The first-order valence-corrected chi connectivity index (χ1v) is 14.0. The van der Waals surface area contributed by atoms with Gasteiger partial charge in [0.1, 0.15) is 0 Å². The van der Waals surface area contributed by atoms with Crippen molar-refractivity contribution in [2.75, 3.05) is 32.5 Å². The van der Waals surface area contributed by atoms with Crippen LogP contribution in [0.5, 0.6) is 0 Å². The van der Waals surface area contributed by atoms with Crippen molar-refractivity contribution in [3.05, 3.63) is 47.3 Å². The van der Waals surface area contributed by atoms with Gasteiger partial charge < -0.3 is 20.4 Å². The molecule has 2 N–H and O–H groups in total. The number of piperidine rings is 1. The van der Waals surface area contributed by atoms with E-state index in [1.165, 1.54) is 0 Å². The lowest BCUT2D eigenvalue weighted by atomic mass is 9.89. The number of amides is 2. The van der Waals surface area contributed by atoms with Crippen LogP contribution in [0.25, 0.3) is 0 Å². The van der Waals surface area contributed by atoms with Crippen LogP contribution in [0, 0.1) is 11.8 Å². The average Bonchev–Trinajstić information content (AvgIpc) is 3.36. The number of benzene rings is 1. The number of halogens is 3. The minimum Gasteiger partial charge on any atom is -0.354 e. The van der Waals surface area contributed by atoms with Gasteiger partial charge in [0.05, 0.1) is 11.3 Å². The van der Waals surface area contributed by atoms with Gasteiger partial charge in [-0.05, 0) is 96.3 Å². The molecule has 2 aliphatic rings. The second-order valence-electron chi connectivity index (χ2n) is 11.4. The molecule has 8 nitrogen and oxygen atoms in total. The van der Waals surface area contributed by atoms with E-state index in [4.69, 9.17) is 0 Å². The summed E-state index contributed by atoms with van der Waals surface area (Å²) in [4.78, 5) is 37.9. The van der Waals surface area contributed by atoms with E-state index < -0.39 is 11.7 Å². The summed E-state index contributed by atoms with van der Waals surface area (Å²) in [6.45, 7) is 5.63. The first-order valence-electron chi connectivity index (χ1n) is 14.0. The summed E-state index contributed by atoms with van der Waals surface area (Å²) in [7, 11) is 3.90. The van der Waals surface area contributed by atoms with Crippen LogP contribution in [0.4, 0.5) is 24.8 Å². The lowest BCUT2D eigenvalue weighted by Gasteiger charge is -2.35. The number of carbonyl (C=O) groups is 2. The molecule has 2 amide bonds. The number of carbonyl (C=O) groups excluding carboxylic acids is 2. The van der Waals surface area contributed by atoms with E-state index in [2.05, 4.69) is 32.5 Å². The molecule has 1 aliphatic carbocycles. The Bertz CT molecular complexity index is 1180. The molecule has 1 saturated carbocycles. The van der Waals surface area contributed by atoms with Crippen molar-refractivity contribution in [1.82, 2.24) is 25.1 Å². The van der Waals surface area contributed by atoms with Crippen LogP contribution in [0.15, 0.2) is 30.5 Å². The summed E-state index contributed by atoms with van der Waals surface area (Å²) in [5.41, 5.74) is 0.0869. The van der Waals surface area contributed by atoms with E-state index in [-0.39, 0.29) is 53.8 Å². The molecule has 1 aromatic heterocycles. The number of hydrogen-bond acceptors (Lipinski definition) is 6. The van der Waals surface area contributed by atoms with Gasteiger partial charge >= 0.3 is 6.18 Å². The molecule has 1 saturated heterocycles. The molecule has 218 valence electrons. The predicted molar refractivity (Wildman–Crippen MR) is 147 cm³/mol. The van der Waals surface area contributed by atoms with Crippen LogP contribution in [-0.4, -0.2) is 70.9 Å². The Morgan fingerprint density at radius 2 is 1.77 bits per heavy atom. The highest BCUT2D eigenvalue weighted by Gasteiger charge is 2.39. The molecule has 2 atom stereocenters. The monoisotopic (exact) mass is 560 g/mol. The molecule has 0 radical (unpaired) electrons. The Labute approximate surface area is 233 Å². The van der Waals surface area contributed by atoms with Crippen LogP contribution < -0.4 is 10.6 Å². The quantitative estimate of drug-likeness (QED) is 0.478. The molecule has 1 aliphatic heterocycles. The lowest BCUT2D eigenvalue weighted by Crippen LogP contribution is -2.44. The molecule has 11 heteroatoms. The Morgan fingerprint density at radius 3 is 2.40 bits per heavy atom. The molecule has 2 fully saturated rings. The minimum atomic E-state index is -4.61. The third-order valence-corrected chi connectivity index (χ3v) is 8.00. The molecule has 1 aromatic carbocycles. The molecule has 0 spiro atoms. The smallest absolute Gasteiger partial charge is 0.354 e. The minimum absolute atomic E-state index is 0.0340. The maximum Gasteiger partial charge on any atom is 0.419 e. The van der Waals surface area contributed by atoms with Crippen molar-refractivity contribution < 1.29 is 22.8 Å². The number of rotatable bonds is 8. The molecule has 4 rings (SSSR count). The Morgan fingerprint density at radius 1 is 1.10 bits per heavy atom. The number of hydrogen-bond donors (Lipinski definition) is 2. The van der Waals surface area contributed by atoms with E-state index >= 15 is 0 Å². The normalized spacial score (nSPS) is 20.5. The highest BCUT2D eigenvalue weighted by atomic mass is 19.4. The zero-order valence-corrected chi connectivity index (χ0v) is 23.6. The van der Waals surface area contributed by atoms with Gasteiger partial charge in [0.25, 0.3) is 5.91 Å². The van der Waals surface area contributed by atoms with Crippen molar-refractivity contribution in [3.8, 4) is 0 Å². The van der Waals surface area contributed by atoms with Crippen LogP contribution in [0.1, 0.15) is 67.6 Å².